The van der Waals surface area contributed by atoms with E-state index in [0.717, 1.165) is 19.3 Å². The molecule has 1 aliphatic carbocycles. The van der Waals surface area contributed by atoms with Gasteiger partial charge in [0.25, 0.3) is 5.91 Å². The molecule has 3 nitrogen and oxygen atoms in total. The molecule has 0 atom stereocenters. The summed E-state index contributed by atoms with van der Waals surface area (Å²) in [6.45, 7) is 2.39. The van der Waals surface area contributed by atoms with Crippen LogP contribution in [0.1, 0.15) is 42.1 Å². The van der Waals surface area contributed by atoms with Crippen molar-refractivity contribution >= 4 is 5.91 Å². The first kappa shape index (κ1) is 14.5. The second kappa shape index (κ2) is 6.53. The van der Waals surface area contributed by atoms with Crippen molar-refractivity contribution in [2.24, 2.45) is 0 Å². The minimum Gasteiger partial charge on any atom is -0.384 e. The lowest BCUT2D eigenvalue weighted by Gasteiger charge is -2.22. The maximum absolute atomic E-state index is 13.9. The highest BCUT2D eigenvalue weighted by molar-refractivity contribution is 5.95. The van der Waals surface area contributed by atoms with Crippen LogP contribution in [0, 0.1) is 17.7 Å². The van der Waals surface area contributed by atoms with Crippen molar-refractivity contribution in [3.05, 3.63) is 35.1 Å². The topological polar surface area (TPSA) is 40.5 Å². The highest BCUT2D eigenvalue weighted by Gasteiger charge is 2.33. The maximum Gasteiger partial charge on any atom is 0.257 e. The van der Waals surface area contributed by atoms with E-state index in [2.05, 4.69) is 11.8 Å². The molecule has 1 aliphatic rings. The number of hydrogen-bond donors (Lipinski definition) is 1. The molecule has 0 saturated heterocycles. The normalized spacial score (nSPS) is 13.6. The predicted octanol–water partition coefficient (Wildman–Crippen LogP) is 2.18. The van der Waals surface area contributed by atoms with Crippen LogP contribution in [-0.2, 0) is 0 Å². The van der Waals surface area contributed by atoms with Gasteiger partial charge in [0.1, 0.15) is 12.4 Å². The predicted molar refractivity (Wildman–Crippen MR) is 74.7 cm³/mol. The van der Waals surface area contributed by atoms with Crippen molar-refractivity contribution in [3.8, 4) is 11.8 Å². The fraction of sp³-hybridized carbons (Fsp3) is 0.438. The molecule has 4 heteroatoms. The number of amides is 1. The van der Waals surface area contributed by atoms with Gasteiger partial charge in [0.05, 0.1) is 5.56 Å². The number of halogens is 1. The van der Waals surface area contributed by atoms with Crippen LogP contribution in [0.3, 0.4) is 0 Å². The average Bonchev–Trinajstić information content (AvgIpc) is 3.27. The van der Waals surface area contributed by atoms with Crippen molar-refractivity contribution in [3.63, 3.8) is 0 Å². The molecule has 1 amide bonds. The summed E-state index contributed by atoms with van der Waals surface area (Å²) >= 11 is 0. The number of hydrogen-bond acceptors (Lipinski definition) is 2. The Morgan fingerprint density at radius 3 is 2.85 bits per heavy atom. The van der Waals surface area contributed by atoms with E-state index in [-0.39, 0.29) is 24.1 Å². The van der Waals surface area contributed by atoms with E-state index >= 15 is 0 Å². The van der Waals surface area contributed by atoms with Gasteiger partial charge in [-0.3, -0.25) is 4.79 Å². The smallest absolute Gasteiger partial charge is 0.257 e. The Hall–Kier alpha value is -1.86. The number of benzene rings is 1. The summed E-state index contributed by atoms with van der Waals surface area (Å²) in [5.41, 5.74) is 0.603. The molecular formula is C16H18FNO2. The number of aliphatic hydroxyl groups is 1. The second-order valence-corrected chi connectivity index (χ2v) is 4.88. The number of aliphatic hydroxyl groups excluding tert-OH is 1. The van der Waals surface area contributed by atoms with Gasteiger partial charge in [-0.25, -0.2) is 4.39 Å². The maximum atomic E-state index is 13.9. The van der Waals surface area contributed by atoms with E-state index < -0.39 is 5.82 Å². The quantitative estimate of drug-likeness (QED) is 0.856. The van der Waals surface area contributed by atoms with Crippen LogP contribution >= 0.6 is 0 Å². The standard InChI is InChI=1S/C16H18FNO2/c1-2-9-18(13-6-7-13)16(20)14-11-12(4-3-10-19)5-8-15(14)17/h5,8,11,13,19H,2,6-7,9-10H2,1H3. The van der Waals surface area contributed by atoms with Crippen LogP contribution < -0.4 is 0 Å². The molecule has 20 heavy (non-hydrogen) atoms. The van der Waals surface area contributed by atoms with Gasteiger partial charge < -0.3 is 10.0 Å². The van der Waals surface area contributed by atoms with Gasteiger partial charge in [-0.15, -0.1) is 0 Å². The van der Waals surface area contributed by atoms with E-state index in [1.54, 1.807) is 4.90 Å². The summed E-state index contributed by atoms with van der Waals surface area (Å²) in [7, 11) is 0. The zero-order valence-corrected chi connectivity index (χ0v) is 11.5. The van der Waals surface area contributed by atoms with E-state index in [1.807, 2.05) is 6.92 Å². The lowest BCUT2D eigenvalue weighted by molar-refractivity contribution is 0.0738. The molecule has 0 spiro atoms. The third-order valence-corrected chi connectivity index (χ3v) is 3.22. The largest absolute Gasteiger partial charge is 0.384 e. The minimum atomic E-state index is -0.522. The Balaban J connectivity index is 2.27. The highest BCUT2D eigenvalue weighted by atomic mass is 19.1. The van der Waals surface area contributed by atoms with Gasteiger partial charge in [0.15, 0.2) is 0 Å². The highest BCUT2D eigenvalue weighted by Crippen LogP contribution is 2.29. The second-order valence-electron chi connectivity index (χ2n) is 4.88. The number of nitrogens with zero attached hydrogens (tertiary/aromatic N) is 1. The fourth-order valence-corrected chi connectivity index (χ4v) is 2.14. The first-order valence-electron chi connectivity index (χ1n) is 6.87. The zero-order chi connectivity index (χ0) is 14.5. The molecule has 0 aliphatic heterocycles. The Kier molecular flexibility index (Phi) is 4.75. The summed E-state index contributed by atoms with van der Waals surface area (Å²) in [5, 5.41) is 8.68. The van der Waals surface area contributed by atoms with E-state index in [9.17, 15) is 9.18 Å². The van der Waals surface area contributed by atoms with Crippen molar-refractivity contribution in [2.45, 2.75) is 32.2 Å². The summed E-state index contributed by atoms with van der Waals surface area (Å²) < 4.78 is 13.9. The first-order valence-corrected chi connectivity index (χ1v) is 6.87. The number of carbonyl (C=O) groups is 1. The molecule has 1 aromatic rings. The molecule has 0 bridgehead atoms. The Morgan fingerprint density at radius 2 is 2.25 bits per heavy atom. The molecule has 0 unspecified atom stereocenters. The fourth-order valence-electron chi connectivity index (χ4n) is 2.14. The summed E-state index contributed by atoms with van der Waals surface area (Å²) in [6.07, 6.45) is 2.85. The Morgan fingerprint density at radius 1 is 1.50 bits per heavy atom. The first-order chi connectivity index (χ1) is 9.67. The van der Waals surface area contributed by atoms with Crippen LogP contribution in [-0.4, -0.2) is 35.1 Å². The van der Waals surface area contributed by atoms with Crippen LogP contribution in [0.2, 0.25) is 0 Å². The van der Waals surface area contributed by atoms with Gasteiger partial charge in [0, 0.05) is 18.2 Å². The minimum absolute atomic E-state index is 0.0649. The molecule has 0 radical (unpaired) electrons. The van der Waals surface area contributed by atoms with Crippen LogP contribution in [0.4, 0.5) is 4.39 Å². The van der Waals surface area contributed by atoms with Crippen molar-refractivity contribution in [1.82, 2.24) is 4.90 Å². The molecule has 0 heterocycles. The van der Waals surface area contributed by atoms with Crippen LogP contribution in [0.25, 0.3) is 0 Å². The summed E-state index contributed by atoms with van der Waals surface area (Å²) in [6, 6.07) is 4.49. The van der Waals surface area contributed by atoms with E-state index in [0.29, 0.717) is 12.1 Å². The van der Waals surface area contributed by atoms with Gasteiger partial charge in [-0.2, -0.15) is 0 Å². The molecule has 1 aromatic carbocycles. The monoisotopic (exact) mass is 275 g/mol. The van der Waals surface area contributed by atoms with Gasteiger partial charge in [0.2, 0.25) is 0 Å². The SMILES string of the molecule is CCCN(C(=O)c1cc(C#CCO)ccc1F)C1CC1. The van der Waals surface area contributed by atoms with Crippen LogP contribution in [0.5, 0.6) is 0 Å². The molecule has 1 fully saturated rings. The third-order valence-electron chi connectivity index (χ3n) is 3.22. The molecule has 1 saturated carbocycles. The van der Waals surface area contributed by atoms with Crippen molar-refractivity contribution in [1.29, 1.82) is 0 Å². The molecule has 0 aromatic heterocycles. The van der Waals surface area contributed by atoms with Crippen molar-refractivity contribution in [2.75, 3.05) is 13.2 Å². The average molecular weight is 275 g/mol. The van der Waals surface area contributed by atoms with Gasteiger partial charge in [-0.1, -0.05) is 18.8 Å². The molecule has 106 valence electrons. The van der Waals surface area contributed by atoms with E-state index in [1.165, 1.54) is 18.2 Å². The van der Waals surface area contributed by atoms with Gasteiger partial charge in [-0.05, 0) is 37.5 Å². The van der Waals surface area contributed by atoms with Crippen LogP contribution in [0.15, 0.2) is 18.2 Å². The molecule has 2 rings (SSSR count). The van der Waals surface area contributed by atoms with Gasteiger partial charge >= 0.3 is 0 Å². The molecular weight excluding hydrogens is 257 g/mol. The van der Waals surface area contributed by atoms with E-state index in [4.69, 9.17) is 5.11 Å². The lowest BCUT2D eigenvalue weighted by Crippen LogP contribution is -2.34. The Bertz CT molecular complexity index is 555. The number of rotatable bonds is 4. The number of carbonyl (C=O) groups excluding carboxylic acids is 1. The summed E-state index contributed by atoms with van der Waals surface area (Å²) in [4.78, 5) is 14.2. The zero-order valence-electron chi connectivity index (χ0n) is 11.5. The van der Waals surface area contributed by atoms with Crippen molar-refractivity contribution < 1.29 is 14.3 Å². The third kappa shape index (κ3) is 3.37. The summed E-state index contributed by atoms with van der Waals surface area (Å²) in [5.74, 6) is 4.41. The Labute approximate surface area is 118 Å². The lowest BCUT2D eigenvalue weighted by atomic mass is 10.1. The molecule has 1 N–H and O–H groups in total.